The van der Waals surface area contributed by atoms with Crippen LogP contribution < -0.4 is 5.63 Å². The number of nitrogens with zero attached hydrogens (tertiary/aromatic N) is 2. The molecule has 0 amide bonds. The first-order valence-electron chi connectivity index (χ1n) is 10.8. The van der Waals surface area contributed by atoms with Gasteiger partial charge in [0.2, 0.25) is 10.0 Å². The van der Waals surface area contributed by atoms with Crippen molar-refractivity contribution in [2.75, 3.05) is 26.2 Å². The fourth-order valence-electron chi connectivity index (χ4n) is 4.11. The van der Waals surface area contributed by atoms with Crippen LogP contribution in [0.1, 0.15) is 29.2 Å². The van der Waals surface area contributed by atoms with Crippen LogP contribution in [0.15, 0.2) is 50.5 Å². The maximum Gasteiger partial charge on any atom is 0.336 e. The van der Waals surface area contributed by atoms with E-state index >= 15 is 0 Å². The number of aromatic hydroxyl groups is 1. The predicted octanol–water partition coefficient (Wildman–Crippen LogP) is 3.18. The number of benzene rings is 2. The summed E-state index contributed by atoms with van der Waals surface area (Å²) in [5, 5.41) is 10.9. The number of piperazine rings is 1. The first kappa shape index (κ1) is 22.5. The Hall–Kier alpha value is -2.68. The van der Waals surface area contributed by atoms with Crippen molar-refractivity contribution in [3.63, 3.8) is 0 Å². The molecular formula is C24H28N2O5S. The van der Waals surface area contributed by atoms with Crippen LogP contribution in [0.5, 0.6) is 5.75 Å². The summed E-state index contributed by atoms with van der Waals surface area (Å²) < 4.78 is 32.9. The van der Waals surface area contributed by atoms with Crippen molar-refractivity contribution in [3.8, 4) is 5.75 Å². The molecule has 7 nitrogen and oxygen atoms in total. The smallest absolute Gasteiger partial charge is 0.336 e. The second kappa shape index (κ2) is 8.69. The van der Waals surface area contributed by atoms with E-state index in [2.05, 4.69) is 4.90 Å². The van der Waals surface area contributed by atoms with Gasteiger partial charge in [-0.3, -0.25) is 4.90 Å². The van der Waals surface area contributed by atoms with E-state index in [-0.39, 0.29) is 5.75 Å². The Morgan fingerprint density at radius 1 is 0.969 bits per heavy atom. The molecular weight excluding hydrogens is 428 g/mol. The average molecular weight is 457 g/mol. The van der Waals surface area contributed by atoms with Crippen molar-refractivity contribution in [2.24, 2.45) is 0 Å². The number of aryl methyl sites for hydroxylation is 3. The predicted molar refractivity (Wildman–Crippen MR) is 123 cm³/mol. The summed E-state index contributed by atoms with van der Waals surface area (Å²) in [4.78, 5) is 14.5. The quantitative estimate of drug-likeness (QED) is 0.593. The van der Waals surface area contributed by atoms with Crippen molar-refractivity contribution < 1.29 is 17.9 Å². The summed E-state index contributed by atoms with van der Waals surface area (Å²) in [6, 6.07) is 10.1. The molecule has 0 spiro atoms. The molecule has 1 saturated heterocycles. The molecule has 170 valence electrons. The number of phenolic OH excluding ortho intramolecular Hbond substituents is 1. The summed E-state index contributed by atoms with van der Waals surface area (Å²) in [5.41, 5.74) is 3.52. The monoisotopic (exact) mass is 456 g/mol. The Balaban J connectivity index is 1.52. The van der Waals surface area contributed by atoms with Gasteiger partial charge >= 0.3 is 5.63 Å². The van der Waals surface area contributed by atoms with Crippen molar-refractivity contribution in [1.82, 2.24) is 9.21 Å². The topological polar surface area (TPSA) is 91.1 Å². The van der Waals surface area contributed by atoms with Gasteiger partial charge in [-0.05, 0) is 60.7 Å². The standard InChI is InChI=1S/C24H28N2O5S/c1-4-18-12-21-19(13-24(28)31-23(21)14-22(18)27)15-25-7-9-26(10-8-25)32(29,30)20-6-5-16(2)17(3)11-20/h5-6,11-14,27H,4,7-10,15H2,1-3H3. The lowest BCUT2D eigenvalue weighted by molar-refractivity contribution is 0.182. The third-order valence-corrected chi connectivity index (χ3v) is 8.15. The molecule has 32 heavy (non-hydrogen) atoms. The van der Waals surface area contributed by atoms with Gasteiger partial charge in [-0.25, -0.2) is 13.2 Å². The molecule has 0 aliphatic carbocycles. The fourth-order valence-corrected chi connectivity index (χ4v) is 5.62. The molecule has 1 aromatic heterocycles. The van der Waals surface area contributed by atoms with Gasteiger partial charge < -0.3 is 9.52 Å². The Labute approximate surface area is 187 Å². The van der Waals surface area contributed by atoms with Gasteiger partial charge in [0.15, 0.2) is 0 Å². The highest BCUT2D eigenvalue weighted by Crippen LogP contribution is 2.28. The van der Waals surface area contributed by atoms with Crippen LogP contribution in [0.25, 0.3) is 11.0 Å². The summed E-state index contributed by atoms with van der Waals surface area (Å²) in [6.07, 6.45) is 0.662. The maximum absolute atomic E-state index is 13.1. The second-order valence-corrected chi connectivity index (χ2v) is 10.3. The molecule has 1 aliphatic rings. The molecule has 1 aliphatic heterocycles. The fraction of sp³-hybridized carbons (Fsp3) is 0.375. The molecule has 0 saturated carbocycles. The molecule has 4 rings (SSSR count). The van der Waals surface area contributed by atoms with E-state index in [0.717, 1.165) is 27.6 Å². The van der Waals surface area contributed by atoms with Gasteiger partial charge in [-0.2, -0.15) is 4.31 Å². The lowest BCUT2D eigenvalue weighted by atomic mass is 10.0. The van der Waals surface area contributed by atoms with Crippen LogP contribution in [0, 0.1) is 13.8 Å². The van der Waals surface area contributed by atoms with Crippen molar-refractivity contribution in [2.45, 2.75) is 38.6 Å². The van der Waals surface area contributed by atoms with E-state index in [0.29, 0.717) is 49.6 Å². The molecule has 0 unspecified atom stereocenters. The molecule has 1 fully saturated rings. The van der Waals surface area contributed by atoms with Crippen LogP contribution in [-0.4, -0.2) is 48.9 Å². The highest BCUT2D eigenvalue weighted by molar-refractivity contribution is 7.89. The Morgan fingerprint density at radius 2 is 1.69 bits per heavy atom. The Kier molecular flexibility index (Phi) is 6.11. The number of hydrogen-bond donors (Lipinski definition) is 1. The zero-order valence-corrected chi connectivity index (χ0v) is 19.4. The molecule has 0 atom stereocenters. The summed E-state index contributed by atoms with van der Waals surface area (Å²) in [7, 11) is -3.54. The molecule has 1 N–H and O–H groups in total. The van der Waals surface area contributed by atoms with Crippen LogP contribution in [0.2, 0.25) is 0 Å². The lowest BCUT2D eigenvalue weighted by Gasteiger charge is -2.34. The number of hydrogen-bond acceptors (Lipinski definition) is 6. The van der Waals surface area contributed by atoms with Gasteiger partial charge in [0, 0.05) is 50.2 Å². The minimum atomic E-state index is -3.54. The third-order valence-electron chi connectivity index (χ3n) is 6.25. The highest BCUT2D eigenvalue weighted by Gasteiger charge is 2.29. The van der Waals surface area contributed by atoms with Crippen LogP contribution in [-0.2, 0) is 23.0 Å². The average Bonchev–Trinajstić information content (AvgIpc) is 2.75. The van der Waals surface area contributed by atoms with Crippen LogP contribution in [0.4, 0.5) is 0 Å². The SMILES string of the molecule is CCc1cc2c(CN3CCN(S(=O)(=O)c4ccc(C)c(C)c4)CC3)cc(=O)oc2cc1O. The number of rotatable bonds is 5. The number of phenols is 1. The van der Waals surface area contributed by atoms with Crippen molar-refractivity contribution in [3.05, 3.63) is 69.1 Å². The molecule has 0 bridgehead atoms. The van der Waals surface area contributed by atoms with Crippen molar-refractivity contribution in [1.29, 1.82) is 0 Å². The molecule has 0 radical (unpaired) electrons. The zero-order chi connectivity index (χ0) is 23.0. The zero-order valence-electron chi connectivity index (χ0n) is 18.6. The Morgan fingerprint density at radius 3 is 2.34 bits per heavy atom. The van der Waals surface area contributed by atoms with E-state index in [1.54, 1.807) is 12.1 Å². The minimum Gasteiger partial charge on any atom is -0.508 e. The third kappa shape index (κ3) is 4.30. The van der Waals surface area contributed by atoms with Gasteiger partial charge in [0.1, 0.15) is 11.3 Å². The summed E-state index contributed by atoms with van der Waals surface area (Å²) in [5.74, 6) is 0.116. The maximum atomic E-state index is 13.1. The largest absolute Gasteiger partial charge is 0.508 e. The number of fused-ring (bicyclic) bond motifs is 1. The first-order valence-corrected chi connectivity index (χ1v) is 12.2. The highest BCUT2D eigenvalue weighted by atomic mass is 32.2. The van der Waals surface area contributed by atoms with E-state index in [9.17, 15) is 18.3 Å². The normalized spacial score (nSPS) is 16.0. The van der Waals surface area contributed by atoms with Gasteiger partial charge in [0.05, 0.1) is 4.90 Å². The minimum absolute atomic E-state index is 0.116. The van der Waals surface area contributed by atoms with Gasteiger partial charge in [-0.1, -0.05) is 13.0 Å². The van der Waals surface area contributed by atoms with E-state index in [4.69, 9.17) is 4.42 Å². The number of sulfonamides is 1. The van der Waals surface area contributed by atoms with Gasteiger partial charge in [-0.15, -0.1) is 0 Å². The van der Waals surface area contributed by atoms with Crippen LogP contribution in [0.3, 0.4) is 0 Å². The lowest BCUT2D eigenvalue weighted by Crippen LogP contribution is -2.48. The van der Waals surface area contributed by atoms with Crippen molar-refractivity contribution >= 4 is 21.0 Å². The summed E-state index contributed by atoms with van der Waals surface area (Å²) in [6.45, 7) is 8.22. The molecule has 8 heteroatoms. The molecule has 3 aromatic rings. The summed E-state index contributed by atoms with van der Waals surface area (Å²) >= 11 is 0. The first-order chi connectivity index (χ1) is 15.2. The van der Waals surface area contributed by atoms with Crippen LogP contribution >= 0.6 is 0 Å². The van der Waals surface area contributed by atoms with E-state index < -0.39 is 15.6 Å². The molecule has 2 heterocycles. The Bertz CT molecular complexity index is 1320. The van der Waals surface area contributed by atoms with E-state index in [1.807, 2.05) is 32.9 Å². The second-order valence-electron chi connectivity index (χ2n) is 8.35. The van der Waals surface area contributed by atoms with Gasteiger partial charge in [0.25, 0.3) is 0 Å². The molecule has 2 aromatic carbocycles. The van der Waals surface area contributed by atoms with E-state index in [1.165, 1.54) is 16.4 Å².